The molecule has 2 rings (SSSR count). The molecule has 7 heteroatoms. The summed E-state index contributed by atoms with van der Waals surface area (Å²) < 4.78 is 4.90. The van der Waals surface area contributed by atoms with Crippen molar-refractivity contribution in [2.24, 2.45) is 0 Å². The third kappa shape index (κ3) is 6.38. The summed E-state index contributed by atoms with van der Waals surface area (Å²) in [4.78, 5) is 35.8. The maximum absolute atomic E-state index is 12.1. The zero-order chi connectivity index (χ0) is 20.0. The van der Waals surface area contributed by atoms with E-state index in [0.29, 0.717) is 21.3 Å². The summed E-state index contributed by atoms with van der Waals surface area (Å²) in [6, 6.07) is 10.0. The summed E-state index contributed by atoms with van der Waals surface area (Å²) in [5.74, 6) is -1.32. The van der Waals surface area contributed by atoms with Crippen molar-refractivity contribution in [3.63, 3.8) is 0 Å². The smallest absolute Gasteiger partial charge is 0.306 e. The Morgan fingerprint density at radius 3 is 2.41 bits per heavy atom. The van der Waals surface area contributed by atoms with Gasteiger partial charge in [-0.1, -0.05) is 35.3 Å². The number of aryl methyl sites for hydroxylation is 2. The minimum atomic E-state index is -0.625. The van der Waals surface area contributed by atoms with Gasteiger partial charge in [0.2, 0.25) is 0 Å². The molecule has 0 spiro atoms. The van der Waals surface area contributed by atoms with Crippen molar-refractivity contribution in [3.8, 4) is 0 Å². The van der Waals surface area contributed by atoms with Gasteiger partial charge in [-0.25, -0.2) is 0 Å². The second-order valence-electron chi connectivity index (χ2n) is 6.06. The van der Waals surface area contributed by atoms with Gasteiger partial charge in [0.1, 0.15) is 0 Å². The normalized spacial score (nSPS) is 10.4. The minimum Gasteiger partial charge on any atom is -0.456 e. The first-order chi connectivity index (χ1) is 12.8. The van der Waals surface area contributed by atoms with E-state index in [1.165, 1.54) is 6.07 Å². The number of amides is 1. The first kappa shape index (κ1) is 20.9. The van der Waals surface area contributed by atoms with E-state index in [2.05, 4.69) is 5.32 Å². The number of esters is 1. The van der Waals surface area contributed by atoms with Crippen LogP contribution in [0.15, 0.2) is 36.4 Å². The fourth-order valence-electron chi connectivity index (χ4n) is 2.27. The molecule has 1 amide bonds. The Balaban J connectivity index is 1.78. The molecule has 0 aliphatic rings. The van der Waals surface area contributed by atoms with Crippen molar-refractivity contribution in [2.45, 2.75) is 26.7 Å². The molecule has 27 heavy (non-hydrogen) atoms. The van der Waals surface area contributed by atoms with Crippen LogP contribution in [0.5, 0.6) is 0 Å². The van der Waals surface area contributed by atoms with Crippen LogP contribution < -0.4 is 5.32 Å². The fourth-order valence-corrected chi connectivity index (χ4v) is 2.61. The highest BCUT2D eigenvalue weighted by molar-refractivity contribution is 6.35. The molecule has 0 aliphatic heterocycles. The molecule has 0 unspecified atom stereocenters. The molecule has 0 saturated carbocycles. The van der Waals surface area contributed by atoms with Gasteiger partial charge in [0.05, 0.1) is 17.1 Å². The first-order valence-corrected chi connectivity index (χ1v) is 9.03. The van der Waals surface area contributed by atoms with Gasteiger partial charge in [-0.15, -0.1) is 0 Å². The van der Waals surface area contributed by atoms with Crippen LogP contribution in [-0.2, 0) is 14.3 Å². The van der Waals surface area contributed by atoms with Crippen LogP contribution in [0, 0.1) is 13.8 Å². The van der Waals surface area contributed by atoms with E-state index in [-0.39, 0.29) is 18.6 Å². The number of hydrogen-bond acceptors (Lipinski definition) is 4. The molecule has 0 radical (unpaired) electrons. The van der Waals surface area contributed by atoms with E-state index in [9.17, 15) is 14.4 Å². The third-order valence-electron chi connectivity index (χ3n) is 3.95. The number of nitrogens with one attached hydrogen (secondary N) is 1. The molecule has 0 heterocycles. The number of ketones is 1. The lowest BCUT2D eigenvalue weighted by Crippen LogP contribution is -2.21. The number of Topliss-reactive ketones (excluding diaryl/α,β-unsaturated/α-hetero) is 1. The Hall–Kier alpha value is -2.37. The minimum absolute atomic E-state index is 0.0169. The van der Waals surface area contributed by atoms with Crippen LogP contribution in [0.25, 0.3) is 0 Å². The second-order valence-corrected chi connectivity index (χ2v) is 6.90. The molecular weight excluding hydrogens is 389 g/mol. The highest BCUT2D eigenvalue weighted by Gasteiger charge is 2.13. The van der Waals surface area contributed by atoms with Crippen LogP contribution in [-0.4, -0.2) is 24.3 Å². The molecule has 0 atom stereocenters. The summed E-state index contributed by atoms with van der Waals surface area (Å²) in [5.41, 5.74) is 2.99. The number of anilines is 1. The third-order valence-corrected chi connectivity index (χ3v) is 4.52. The largest absolute Gasteiger partial charge is 0.456 e. The van der Waals surface area contributed by atoms with Gasteiger partial charge in [-0.3, -0.25) is 14.4 Å². The molecule has 0 aliphatic carbocycles. The number of rotatable bonds is 7. The number of ether oxygens (including phenoxy) is 1. The van der Waals surface area contributed by atoms with Gasteiger partial charge in [0.15, 0.2) is 12.4 Å². The molecule has 5 nitrogen and oxygen atoms in total. The van der Waals surface area contributed by atoms with Crippen LogP contribution in [0.2, 0.25) is 10.0 Å². The maximum atomic E-state index is 12.1. The Kier molecular flexibility index (Phi) is 7.39. The molecule has 1 N–H and O–H groups in total. The van der Waals surface area contributed by atoms with Gasteiger partial charge < -0.3 is 10.1 Å². The fraction of sp³-hybridized carbons (Fsp3) is 0.250. The van der Waals surface area contributed by atoms with E-state index in [0.717, 1.165) is 11.1 Å². The number of hydrogen-bond donors (Lipinski definition) is 1. The number of carbonyl (C=O) groups excluding carboxylic acids is 3. The number of carbonyl (C=O) groups is 3. The van der Waals surface area contributed by atoms with Crippen LogP contribution >= 0.6 is 23.2 Å². The maximum Gasteiger partial charge on any atom is 0.306 e. The Morgan fingerprint density at radius 1 is 0.963 bits per heavy atom. The summed E-state index contributed by atoms with van der Waals surface area (Å²) in [6.45, 7) is 3.41. The molecule has 0 saturated heterocycles. The predicted octanol–water partition coefficient (Wildman–Crippen LogP) is 4.76. The van der Waals surface area contributed by atoms with Crippen molar-refractivity contribution in [3.05, 3.63) is 63.1 Å². The van der Waals surface area contributed by atoms with E-state index in [4.69, 9.17) is 27.9 Å². The van der Waals surface area contributed by atoms with Gasteiger partial charge in [0, 0.05) is 17.0 Å². The predicted molar refractivity (Wildman–Crippen MR) is 106 cm³/mol. The molecule has 0 aromatic heterocycles. The molecule has 2 aromatic carbocycles. The summed E-state index contributed by atoms with van der Waals surface area (Å²) in [5, 5.41) is 3.24. The molecule has 0 fully saturated rings. The zero-order valence-electron chi connectivity index (χ0n) is 15.0. The van der Waals surface area contributed by atoms with Crippen molar-refractivity contribution >= 4 is 46.5 Å². The van der Waals surface area contributed by atoms with Crippen molar-refractivity contribution in [2.75, 3.05) is 11.9 Å². The summed E-state index contributed by atoms with van der Waals surface area (Å²) >= 11 is 11.8. The lowest BCUT2D eigenvalue weighted by Gasteiger charge is -2.08. The quantitative estimate of drug-likeness (QED) is 0.530. The van der Waals surface area contributed by atoms with Crippen molar-refractivity contribution in [1.82, 2.24) is 0 Å². The van der Waals surface area contributed by atoms with Gasteiger partial charge in [-0.2, -0.15) is 0 Å². The SMILES string of the molecule is Cc1ccc(C(=O)CCC(=O)OCC(=O)Nc2cc(Cl)ccc2Cl)cc1C. The zero-order valence-corrected chi connectivity index (χ0v) is 16.5. The molecule has 0 bridgehead atoms. The standard InChI is InChI=1S/C20H19Cl2NO4/c1-12-3-4-14(9-13(12)2)18(24)7-8-20(26)27-11-19(25)23-17-10-15(21)5-6-16(17)22/h3-6,9-10H,7-8,11H2,1-2H3,(H,23,25). The van der Waals surface area contributed by atoms with Gasteiger partial charge in [-0.05, 0) is 49.2 Å². The van der Waals surface area contributed by atoms with Gasteiger partial charge in [0.25, 0.3) is 5.91 Å². The number of halogens is 2. The van der Waals surface area contributed by atoms with E-state index in [1.54, 1.807) is 24.3 Å². The van der Waals surface area contributed by atoms with Crippen molar-refractivity contribution in [1.29, 1.82) is 0 Å². The monoisotopic (exact) mass is 407 g/mol. The van der Waals surface area contributed by atoms with Crippen LogP contribution in [0.4, 0.5) is 5.69 Å². The highest BCUT2D eigenvalue weighted by atomic mass is 35.5. The lowest BCUT2D eigenvalue weighted by atomic mass is 10.0. The van der Waals surface area contributed by atoms with E-state index >= 15 is 0 Å². The average molecular weight is 408 g/mol. The Morgan fingerprint density at radius 2 is 1.70 bits per heavy atom. The Labute approximate surface area is 167 Å². The summed E-state index contributed by atoms with van der Waals surface area (Å²) in [6.07, 6.45) is -0.0833. The molecule has 142 valence electrons. The topological polar surface area (TPSA) is 72.5 Å². The highest BCUT2D eigenvalue weighted by Crippen LogP contribution is 2.25. The van der Waals surface area contributed by atoms with E-state index < -0.39 is 18.5 Å². The first-order valence-electron chi connectivity index (χ1n) is 8.27. The van der Waals surface area contributed by atoms with Crippen LogP contribution in [0.1, 0.15) is 34.3 Å². The van der Waals surface area contributed by atoms with Gasteiger partial charge >= 0.3 is 5.97 Å². The Bertz CT molecular complexity index is 880. The molecular formula is C20H19Cl2NO4. The lowest BCUT2D eigenvalue weighted by molar-refractivity contribution is -0.147. The molecule has 2 aromatic rings. The van der Waals surface area contributed by atoms with E-state index in [1.807, 2.05) is 19.9 Å². The van der Waals surface area contributed by atoms with Crippen molar-refractivity contribution < 1.29 is 19.1 Å². The summed E-state index contributed by atoms with van der Waals surface area (Å²) in [7, 11) is 0. The van der Waals surface area contributed by atoms with Crippen LogP contribution in [0.3, 0.4) is 0 Å². The second kappa shape index (κ2) is 9.53. The number of benzene rings is 2. The average Bonchev–Trinajstić information content (AvgIpc) is 2.63.